The molecule has 0 aliphatic rings. The maximum absolute atomic E-state index is 10.4. The summed E-state index contributed by atoms with van der Waals surface area (Å²) in [6.07, 6.45) is 4.02. The first-order chi connectivity index (χ1) is 6.63. The molecule has 0 aromatic carbocycles. The number of nitrogen functional groups attached to an aromatic ring is 1. The molecule has 1 heterocycles. The number of methoxy groups -OCH3 is 1. The Hall–Kier alpha value is -2.11. The molecule has 6 heteroatoms. The van der Waals surface area contributed by atoms with Gasteiger partial charge in [-0.25, -0.2) is 9.97 Å². The third-order valence-electron chi connectivity index (χ3n) is 1.40. The molecule has 0 atom stereocenters. The first kappa shape index (κ1) is 9.97. The van der Waals surface area contributed by atoms with Gasteiger partial charge in [-0.2, -0.15) is 0 Å². The van der Waals surface area contributed by atoms with Crippen molar-refractivity contribution in [3.63, 3.8) is 0 Å². The minimum absolute atomic E-state index is 0.198. The molecule has 0 aliphatic heterocycles. The van der Waals surface area contributed by atoms with Gasteiger partial charge in [0.05, 0.1) is 19.0 Å². The first-order valence-electron chi connectivity index (χ1n) is 3.77. The van der Waals surface area contributed by atoms with E-state index >= 15 is 0 Å². The summed E-state index contributed by atoms with van der Waals surface area (Å²) in [6, 6.07) is 0. The topological polar surface area (TPSA) is 104 Å². The number of carbonyl (C=O) groups is 1. The second kappa shape index (κ2) is 4.22. The average Bonchev–Trinajstić information content (AvgIpc) is 2.16. The highest BCUT2D eigenvalue weighted by molar-refractivity contribution is 5.89. The van der Waals surface area contributed by atoms with Crippen molar-refractivity contribution in [1.82, 2.24) is 9.97 Å². The van der Waals surface area contributed by atoms with E-state index in [1.54, 1.807) is 0 Å². The summed E-state index contributed by atoms with van der Waals surface area (Å²) in [4.78, 5) is 18.2. The van der Waals surface area contributed by atoms with Crippen LogP contribution in [0.3, 0.4) is 0 Å². The van der Waals surface area contributed by atoms with Gasteiger partial charge < -0.3 is 16.2 Å². The number of ether oxygens (including phenoxy) is 1. The summed E-state index contributed by atoms with van der Waals surface area (Å²) in [5.74, 6) is -0.136. The lowest BCUT2D eigenvalue weighted by molar-refractivity contribution is -0.113. The molecule has 6 nitrogen and oxygen atoms in total. The summed E-state index contributed by atoms with van der Waals surface area (Å²) < 4.78 is 4.84. The van der Waals surface area contributed by atoms with Gasteiger partial charge in [0.2, 0.25) is 5.91 Å². The molecule has 1 aromatic heterocycles. The SMILES string of the molecule is COc1nc(C=CC(N)=O)cnc1N. The molecule has 0 spiro atoms. The van der Waals surface area contributed by atoms with E-state index in [0.717, 1.165) is 0 Å². The van der Waals surface area contributed by atoms with E-state index < -0.39 is 5.91 Å². The molecule has 0 radical (unpaired) electrons. The molecule has 74 valence electrons. The Labute approximate surface area is 80.6 Å². The Morgan fingerprint density at radius 2 is 2.36 bits per heavy atom. The normalized spacial score (nSPS) is 10.4. The van der Waals surface area contributed by atoms with Crippen LogP contribution in [0.4, 0.5) is 5.82 Å². The zero-order valence-corrected chi connectivity index (χ0v) is 7.60. The van der Waals surface area contributed by atoms with Crippen LogP contribution in [0.2, 0.25) is 0 Å². The van der Waals surface area contributed by atoms with Crippen molar-refractivity contribution in [3.8, 4) is 5.88 Å². The van der Waals surface area contributed by atoms with E-state index in [1.165, 1.54) is 25.5 Å². The highest BCUT2D eigenvalue weighted by Gasteiger charge is 2.01. The third kappa shape index (κ3) is 2.44. The van der Waals surface area contributed by atoms with Crippen LogP contribution in [0.1, 0.15) is 5.69 Å². The smallest absolute Gasteiger partial charge is 0.257 e. The van der Waals surface area contributed by atoms with E-state index in [-0.39, 0.29) is 11.7 Å². The largest absolute Gasteiger partial charge is 0.478 e. The molecule has 1 aromatic rings. The van der Waals surface area contributed by atoms with Crippen LogP contribution in [-0.2, 0) is 4.79 Å². The van der Waals surface area contributed by atoms with E-state index in [2.05, 4.69) is 9.97 Å². The average molecular weight is 194 g/mol. The summed E-state index contributed by atoms with van der Waals surface area (Å²) in [5.41, 5.74) is 10.8. The van der Waals surface area contributed by atoms with Crippen molar-refractivity contribution in [2.45, 2.75) is 0 Å². The molecule has 0 aliphatic carbocycles. The van der Waals surface area contributed by atoms with E-state index in [0.29, 0.717) is 5.69 Å². The molecule has 1 amide bonds. The van der Waals surface area contributed by atoms with Gasteiger partial charge in [-0.05, 0) is 6.08 Å². The van der Waals surface area contributed by atoms with Crippen molar-refractivity contribution >= 4 is 17.8 Å². The molecule has 1 rings (SSSR count). The Bertz CT molecular complexity index is 376. The van der Waals surface area contributed by atoms with Gasteiger partial charge in [-0.3, -0.25) is 4.79 Å². The number of carbonyl (C=O) groups excluding carboxylic acids is 1. The summed E-state index contributed by atoms with van der Waals surface area (Å²) in [7, 11) is 1.43. The predicted molar refractivity (Wildman–Crippen MR) is 51.2 cm³/mol. The molecule has 0 bridgehead atoms. The number of aromatic nitrogens is 2. The van der Waals surface area contributed by atoms with Crippen molar-refractivity contribution in [2.75, 3.05) is 12.8 Å². The quantitative estimate of drug-likeness (QED) is 0.635. The molecule has 14 heavy (non-hydrogen) atoms. The molecule has 0 saturated heterocycles. The van der Waals surface area contributed by atoms with E-state index in [9.17, 15) is 4.79 Å². The van der Waals surface area contributed by atoms with Crippen LogP contribution in [0.5, 0.6) is 5.88 Å². The number of hydrogen-bond donors (Lipinski definition) is 2. The summed E-state index contributed by atoms with van der Waals surface area (Å²) in [6.45, 7) is 0. The number of hydrogen-bond acceptors (Lipinski definition) is 5. The molecule has 0 saturated carbocycles. The third-order valence-corrected chi connectivity index (χ3v) is 1.40. The zero-order valence-electron chi connectivity index (χ0n) is 7.60. The van der Waals surface area contributed by atoms with Crippen molar-refractivity contribution in [1.29, 1.82) is 0 Å². The Morgan fingerprint density at radius 3 is 2.93 bits per heavy atom. The molecule has 0 fully saturated rings. The van der Waals surface area contributed by atoms with E-state index in [4.69, 9.17) is 16.2 Å². The Balaban J connectivity index is 2.95. The lowest BCUT2D eigenvalue weighted by atomic mass is 10.4. The standard InChI is InChI=1S/C8H10N4O2/c1-14-8-7(10)11-4-5(12-8)2-3-6(9)13/h2-4H,1H3,(H2,9,13)(H2,10,11). The van der Waals surface area contributed by atoms with Crippen molar-refractivity contribution in [3.05, 3.63) is 18.0 Å². The Morgan fingerprint density at radius 1 is 1.64 bits per heavy atom. The number of anilines is 1. The van der Waals surface area contributed by atoms with Gasteiger partial charge in [0.15, 0.2) is 5.82 Å². The van der Waals surface area contributed by atoms with Crippen LogP contribution in [0.25, 0.3) is 6.08 Å². The molecular weight excluding hydrogens is 184 g/mol. The van der Waals surface area contributed by atoms with Gasteiger partial charge >= 0.3 is 0 Å². The number of rotatable bonds is 3. The minimum atomic E-state index is -0.553. The molecule has 0 unspecified atom stereocenters. The minimum Gasteiger partial charge on any atom is -0.478 e. The molecular formula is C8H10N4O2. The fourth-order valence-electron chi connectivity index (χ4n) is 0.792. The fraction of sp³-hybridized carbons (Fsp3) is 0.125. The van der Waals surface area contributed by atoms with Gasteiger partial charge in [0, 0.05) is 6.08 Å². The number of nitrogens with zero attached hydrogens (tertiary/aromatic N) is 2. The summed E-state index contributed by atoms with van der Waals surface area (Å²) >= 11 is 0. The first-order valence-corrected chi connectivity index (χ1v) is 3.77. The maximum Gasteiger partial charge on any atom is 0.257 e. The predicted octanol–water partition coefficient (Wildman–Crippen LogP) is -0.434. The zero-order chi connectivity index (χ0) is 10.6. The highest BCUT2D eigenvalue weighted by atomic mass is 16.5. The maximum atomic E-state index is 10.4. The van der Waals surface area contributed by atoms with E-state index in [1.807, 2.05) is 0 Å². The van der Waals surface area contributed by atoms with Gasteiger partial charge in [0.1, 0.15) is 0 Å². The van der Waals surface area contributed by atoms with Crippen molar-refractivity contribution < 1.29 is 9.53 Å². The highest BCUT2D eigenvalue weighted by Crippen LogP contribution is 2.14. The van der Waals surface area contributed by atoms with Gasteiger partial charge in [-0.15, -0.1) is 0 Å². The van der Waals surface area contributed by atoms with Crippen LogP contribution in [0, 0.1) is 0 Å². The lowest BCUT2D eigenvalue weighted by Crippen LogP contribution is -2.05. The monoisotopic (exact) mass is 194 g/mol. The van der Waals surface area contributed by atoms with Gasteiger partial charge in [0.25, 0.3) is 5.88 Å². The second-order valence-corrected chi connectivity index (χ2v) is 2.43. The van der Waals surface area contributed by atoms with Crippen LogP contribution in [0.15, 0.2) is 12.3 Å². The van der Waals surface area contributed by atoms with Crippen molar-refractivity contribution in [2.24, 2.45) is 5.73 Å². The Kier molecular flexibility index (Phi) is 3.01. The number of primary amides is 1. The summed E-state index contributed by atoms with van der Waals surface area (Å²) in [5, 5.41) is 0. The molecule has 4 N–H and O–H groups in total. The van der Waals surface area contributed by atoms with Crippen LogP contribution in [-0.4, -0.2) is 23.0 Å². The lowest BCUT2D eigenvalue weighted by Gasteiger charge is -2.01. The van der Waals surface area contributed by atoms with Crippen LogP contribution >= 0.6 is 0 Å². The number of amides is 1. The second-order valence-electron chi connectivity index (χ2n) is 2.43. The van der Waals surface area contributed by atoms with Gasteiger partial charge in [-0.1, -0.05) is 0 Å². The number of nitrogens with two attached hydrogens (primary N) is 2. The fourth-order valence-corrected chi connectivity index (χ4v) is 0.792. The van der Waals surface area contributed by atoms with Crippen LogP contribution < -0.4 is 16.2 Å².